The minimum Gasteiger partial charge on any atom is -0.395 e. The molecule has 5 rings (SSSR count). The molecule has 1 unspecified atom stereocenters. The highest BCUT2D eigenvalue weighted by Gasteiger charge is 2.43. The number of benzene rings is 2. The molecule has 13 heteroatoms. The van der Waals surface area contributed by atoms with Gasteiger partial charge in [0.05, 0.1) is 6.20 Å². The Balaban J connectivity index is 1.29. The van der Waals surface area contributed by atoms with Crippen molar-refractivity contribution < 1.29 is 23.0 Å². The first-order valence-corrected chi connectivity index (χ1v) is 11.3. The van der Waals surface area contributed by atoms with Crippen molar-refractivity contribution in [3.8, 4) is 17.3 Å². The number of amides is 1. The van der Waals surface area contributed by atoms with Gasteiger partial charge in [0.15, 0.2) is 23.0 Å². The Bertz CT molecular complexity index is 1430. The summed E-state index contributed by atoms with van der Waals surface area (Å²) in [6.45, 7) is 2.03. The smallest absolute Gasteiger partial charge is 0.395 e. The van der Waals surface area contributed by atoms with Crippen molar-refractivity contribution in [2.24, 2.45) is 5.73 Å². The summed E-state index contributed by atoms with van der Waals surface area (Å²) in [5, 5.41) is 13.8. The summed E-state index contributed by atoms with van der Waals surface area (Å²) in [6.07, 6.45) is -0.128. The fraction of sp³-hybridized carbons (Fsp3) is 0.208. The Morgan fingerprint density at radius 1 is 1.16 bits per heavy atom. The van der Waals surface area contributed by atoms with Crippen LogP contribution in [0.1, 0.15) is 21.6 Å². The Kier molecular flexibility index (Phi) is 6.36. The van der Waals surface area contributed by atoms with E-state index in [1.165, 1.54) is 29.1 Å². The largest absolute Gasteiger partial charge is 0.586 e. The molecule has 1 aliphatic rings. The Hall–Kier alpha value is -4.65. The first-order valence-electron chi connectivity index (χ1n) is 11.3. The van der Waals surface area contributed by atoms with Crippen LogP contribution in [0.2, 0.25) is 0 Å². The zero-order valence-electron chi connectivity index (χ0n) is 19.6. The van der Waals surface area contributed by atoms with E-state index >= 15 is 0 Å². The van der Waals surface area contributed by atoms with E-state index in [0.717, 1.165) is 5.56 Å². The number of nitrogens with zero attached hydrogens (tertiary/aromatic N) is 5. The van der Waals surface area contributed by atoms with Crippen LogP contribution in [0.4, 0.5) is 20.4 Å². The molecule has 1 atom stereocenters. The second-order valence-electron chi connectivity index (χ2n) is 8.30. The minimum absolute atomic E-state index is 0.0740. The van der Waals surface area contributed by atoms with Gasteiger partial charge in [0, 0.05) is 36.1 Å². The normalized spacial score (nSPS) is 14.3. The van der Waals surface area contributed by atoms with Crippen molar-refractivity contribution >= 4 is 17.5 Å². The summed E-state index contributed by atoms with van der Waals surface area (Å²) < 4.78 is 36.8. The Morgan fingerprint density at radius 3 is 2.73 bits per heavy atom. The van der Waals surface area contributed by atoms with E-state index in [9.17, 15) is 13.6 Å². The second-order valence-corrected chi connectivity index (χ2v) is 8.30. The highest BCUT2D eigenvalue weighted by molar-refractivity contribution is 5.92. The van der Waals surface area contributed by atoms with E-state index in [4.69, 9.17) is 5.73 Å². The van der Waals surface area contributed by atoms with E-state index in [1.54, 1.807) is 13.1 Å². The molecular formula is C24H22F2N8O3. The van der Waals surface area contributed by atoms with Gasteiger partial charge in [-0.25, -0.2) is 9.67 Å². The SMILES string of the molecule is Cc1cnc(Nc2ccc3c(c2)OC(F)(F)O3)nc1-n1cc(C(=O)NC(CN)Cc2ccccc2)nn1. The fourth-order valence-corrected chi connectivity index (χ4v) is 3.70. The first kappa shape index (κ1) is 24.1. The molecule has 4 aromatic rings. The van der Waals surface area contributed by atoms with Crippen LogP contribution in [-0.2, 0) is 6.42 Å². The number of rotatable bonds is 8. The molecule has 0 radical (unpaired) electrons. The van der Waals surface area contributed by atoms with E-state index in [0.29, 0.717) is 23.5 Å². The van der Waals surface area contributed by atoms with Crippen molar-refractivity contribution in [3.63, 3.8) is 0 Å². The molecule has 0 bridgehead atoms. The molecule has 4 N–H and O–H groups in total. The van der Waals surface area contributed by atoms with Crippen LogP contribution in [0.15, 0.2) is 60.9 Å². The van der Waals surface area contributed by atoms with Gasteiger partial charge in [-0.05, 0) is 31.0 Å². The summed E-state index contributed by atoms with van der Waals surface area (Å²) in [5.41, 5.74) is 8.06. The van der Waals surface area contributed by atoms with Crippen LogP contribution >= 0.6 is 0 Å². The summed E-state index contributed by atoms with van der Waals surface area (Å²) in [6, 6.07) is 13.6. The number of fused-ring (bicyclic) bond motifs is 1. The maximum atomic E-state index is 13.3. The number of aryl methyl sites for hydroxylation is 1. The molecule has 37 heavy (non-hydrogen) atoms. The lowest BCUT2D eigenvalue weighted by molar-refractivity contribution is -0.286. The standard InChI is InChI=1S/C24H22F2N8O3/c1-14-12-28-23(30-16-7-8-19-20(10-16)37-24(25,26)36-19)31-21(14)34-13-18(32-33-34)22(35)29-17(11-27)9-15-5-3-2-4-6-15/h2-8,10,12-13,17H,9,11,27H2,1H3,(H,29,35)(H,28,30,31). The predicted octanol–water partition coefficient (Wildman–Crippen LogP) is 2.73. The molecule has 0 aliphatic carbocycles. The molecule has 11 nitrogen and oxygen atoms in total. The predicted molar refractivity (Wildman–Crippen MR) is 128 cm³/mol. The van der Waals surface area contributed by atoms with Crippen molar-refractivity contribution in [1.29, 1.82) is 0 Å². The molecule has 3 heterocycles. The van der Waals surface area contributed by atoms with Crippen molar-refractivity contribution in [2.75, 3.05) is 11.9 Å². The van der Waals surface area contributed by atoms with Gasteiger partial charge in [-0.3, -0.25) is 4.79 Å². The fourth-order valence-electron chi connectivity index (χ4n) is 3.70. The van der Waals surface area contributed by atoms with Gasteiger partial charge >= 0.3 is 6.29 Å². The van der Waals surface area contributed by atoms with Crippen molar-refractivity contribution in [1.82, 2.24) is 30.3 Å². The van der Waals surface area contributed by atoms with Crippen LogP contribution in [0.5, 0.6) is 11.5 Å². The monoisotopic (exact) mass is 508 g/mol. The van der Waals surface area contributed by atoms with E-state index < -0.39 is 12.2 Å². The summed E-state index contributed by atoms with van der Waals surface area (Å²) in [7, 11) is 0. The van der Waals surface area contributed by atoms with Gasteiger partial charge in [-0.1, -0.05) is 35.5 Å². The lowest BCUT2D eigenvalue weighted by Crippen LogP contribution is -2.41. The van der Waals surface area contributed by atoms with Crippen LogP contribution in [0.25, 0.3) is 5.82 Å². The summed E-state index contributed by atoms with van der Waals surface area (Å²) in [5.74, 6) is -0.0675. The third-order valence-electron chi connectivity index (χ3n) is 5.49. The van der Waals surface area contributed by atoms with E-state index in [2.05, 4.69) is 40.4 Å². The van der Waals surface area contributed by atoms with Gasteiger partial charge in [-0.2, -0.15) is 4.98 Å². The third-order valence-corrected chi connectivity index (χ3v) is 5.49. The number of hydrogen-bond donors (Lipinski definition) is 3. The number of ether oxygens (including phenoxy) is 2. The number of carbonyl (C=O) groups is 1. The number of aromatic nitrogens is 5. The van der Waals surface area contributed by atoms with Crippen LogP contribution in [0, 0.1) is 6.92 Å². The molecule has 0 saturated heterocycles. The summed E-state index contributed by atoms with van der Waals surface area (Å²) in [4.78, 5) is 21.4. The quantitative estimate of drug-likeness (QED) is 0.327. The highest BCUT2D eigenvalue weighted by Crippen LogP contribution is 2.42. The molecule has 0 fully saturated rings. The van der Waals surface area contributed by atoms with Crippen molar-refractivity contribution in [3.05, 3.63) is 77.7 Å². The zero-order chi connectivity index (χ0) is 26.0. The van der Waals surface area contributed by atoms with E-state index in [1.807, 2.05) is 30.3 Å². The molecule has 0 saturated carbocycles. The third kappa shape index (κ3) is 5.46. The Labute approximate surface area is 209 Å². The molecular weight excluding hydrogens is 486 g/mol. The number of nitrogens with two attached hydrogens (primary N) is 1. The minimum atomic E-state index is -3.71. The Morgan fingerprint density at radius 2 is 1.95 bits per heavy atom. The van der Waals surface area contributed by atoms with Gasteiger partial charge < -0.3 is 25.8 Å². The molecule has 1 aliphatic heterocycles. The number of nitrogens with one attached hydrogen (secondary N) is 2. The topological polar surface area (TPSA) is 142 Å². The van der Waals surface area contributed by atoms with Gasteiger partial charge in [0.1, 0.15) is 0 Å². The highest BCUT2D eigenvalue weighted by atomic mass is 19.3. The van der Waals surface area contributed by atoms with Crippen molar-refractivity contribution in [2.45, 2.75) is 25.7 Å². The van der Waals surface area contributed by atoms with Crippen LogP contribution in [-0.4, -0.2) is 49.8 Å². The van der Waals surface area contributed by atoms with Gasteiger partial charge in [-0.15, -0.1) is 13.9 Å². The molecule has 2 aromatic heterocycles. The van der Waals surface area contributed by atoms with Gasteiger partial charge in [0.25, 0.3) is 5.91 Å². The second kappa shape index (κ2) is 9.78. The number of carbonyl (C=O) groups excluding carboxylic acids is 1. The average molecular weight is 508 g/mol. The molecule has 2 aromatic carbocycles. The lowest BCUT2D eigenvalue weighted by atomic mass is 10.1. The number of alkyl halides is 2. The first-order chi connectivity index (χ1) is 17.8. The molecule has 1 amide bonds. The van der Waals surface area contributed by atoms with E-state index in [-0.39, 0.29) is 35.7 Å². The number of halogens is 2. The molecule has 0 spiro atoms. The average Bonchev–Trinajstić information content (AvgIpc) is 3.48. The van der Waals surface area contributed by atoms with Crippen LogP contribution < -0.4 is 25.8 Å². The molecule has 190 valence electrons. The van der Waals surface area contributed by atoms with Gasteiger partial charge in [0.2, 0.25) is 5.95 Å². The maximum absolute atomic E-state index is 13.3. The lowest BCUT2D eigenvalue weighted by Gasteiger charge is -2.16. The summed E-state index contributed by atoms with van der Waals surface area (Å²) >= 11 is 0. The van der Waals surface area contributed by atoms with Crippen LogP contribution in [0.3, 0.4) is 0 Å². The zero-order valence-corrected chi connectivity index (χ0v) is 19.6. The maximum Gasteiger partial charge on any atom is 0.586 e. The number of anilines is 2. The number of hydrogen-bond acceptors (Lipinski definition) is 9.